The molecule has 1 saturated heterocycles. The lowest BCUT2D eigenvalue weighted by Gasteiger charge is -2.24. The van der Waals surface area contributed by atoms with Crippen LogP contribution < -0.4 is 5.32 Å². The Balaban J connectivity index is 1.84. The van der Waals surface area contributed by atoms with Crippen molar-refractivity contribution in [2.45, 2.75) is 19.6 Å². The number of benzene rings is 1. The Hall–Kier alpha value is -1.65. The molecule has 1 aromatic carbocycles. The van der Waals surface area contributed by atoms with Crippen molar-refractivity contribution in [3.8, 4) is 11.3 Å². The lowest BCUT2D eigenvalue weighted by molar-refractivity contribution is 0.0184. The van der Waals surface area contributed by atoms with Gasteiger partial charge < -0.3 is 14.6 Å². The standard InChI is InChI=1S/C15H19N3O/c1-12-4-2-3-5-14(12)15-9-17-11-18(15)10-13-8-16-6-7-19-13/h2-5,9,11,13,16H,6-8,10H2,1H3. The fourth-order valence-electron chi connectivity index (χ4n) is 2.51. The molecule has 4 heteroatoms. The molecule has 1 atom stereocenters. The van der Waals surface area contributed by atoms with Crippen molar-refractivity contribution in [1.82, 2.24) is 14.9 Å². The van der Waals surface area contributed by atoms with Gasteiger partial charge in [0.1, 0.15) is 0 Å². The zero-order chi connectivity index (χ0) is 13.1. The average Bonchev–Trinajstić information content (AvgIpc) is 2.88. The third kappa shape index (κ3) is 2.69. The van der Waals surface area contributed by atoms with E-state index in [9.17, 15) is 0 Å². The summed E-state index contributed by atoms with van der Waals surface area (Å²) in [5.74, 6) is 0. The molecule has 0 amide bonds. The van der Waals surface area contributed by atoms with Crippen molar-refractivity contribution < 1.29 is 4.74 Å². The molecule has 2 heterocycles. The van der Waals surface area contributed by atoms with Gasteiger partial charge in [-0.1, -0.05) is 24.3 Å². The number of nitrogens with zero attached hydrogens (tertiary/aromatic N) is 2. The van der Waals surface area contributed by atoms with Crippen LogP contribution in [0.5, 0.6) is 0 Å². The van der Waals surface area contributed by atoms with E-state index in [0.29, 0.717) is 0 Å². The largest absolute Gasteiger partial charge is 0.374 e. The summed E-state index contributed by atoms with van der Waals surface area (Å²) >= 11 is 0. The van der Waals surface area contributed by atoms with E-state index in [2.05, 4.69) is 46.1 Å². The average molecular weight is 257 g/mol. The number of ether oxygens (including phenoxy) is 1. The summed E-state index contributed by atoms with van der Waals surface area (Å²) in [4.78, 5) is 4.29. The number of hydrogen-bond acceptors (Lipinski definition) is 3. The van der Waals surface area contributed by atoms with Crippen LogP contribution in [0.1, 0.15) is 5.56 Å². The van der Waals surface area contributed by atoms with Gasteiger partial charge in [-0.3, -0.25) is 0 Å². The summed E-state index contributed by atoms with van der Waals surface area (Å²) in [6.07, 6.45) is 4.05. The Morgan fingerprint density at radius 2 is 2.32 bits per heavy atom. The van der Waals surface area contributed by atoms with Crippen LogP contribution in [0, 0.1) is 6.92 Å². The van der Waals surface area contributed by atoms with E-state index >= 15 is 0 Å². The van der Waals surface area contributed by atoms with Gasteiger partial charge in [-0.05, 0) is 12.5 Å². The third-order valence-electron chi connectivity index (χ3n) is 3.54. The number of aromatic nitrogens is 2. The molecule has 1 aromatic heterocycles. The lowest BCUT2D eigenvalue weighted by atomic mass is 10.1. The normalized spacial score (nSPS) is 19.5. The molecule has 0 bridgehead atoms. The Bertz CT molecular complexity index is 544. The highest BCUT2D eigenvalue weighted by molar-refractivity contribution is 5.63. The second-order valence-electron chi connectivity index (χ2n) is 4.94. The highest BCUT2D eigenvalue weighted by Crippen LogP contribution is 2.23. The maximum absolute atomic E-state index is 5.76. The van der Waals surface area contributed by atoms with Gasteiger partial charge in [-0.2, -0.15) is 0 Å². The highest BCUT2D eigenvalue weighted by Gasteiger charge is 2.16. The van der Waals surface area contributed by atoms with E-state index in [-0.39, 0.29) is 6.10 Å². The van der Waals surface area contributed by atoms with E-state index < -0.39 is 0 Å². The molecule has 2 aromatic rings. The minimum absolute atomic E-state index is 0.228. The van der Waals surface area contributed by atoms with Gasteiger partial charge in [0.2, 0.25) is 0 Å². The first-order valence-corrected chi connectivity index (χ1v) is 6.73. The van der Waals surface area contributed by atoms with E-state index in [4.69, 9.17) is 4.74 Å². The van der Waals surface area contributed by atoms with Crippen LogP contribution in [0.2, 0.25) is 0 Å². The molecule has 1 unspecified atom stereocenters. The maximum Gasteiger partial charge on any atom is 0.0951 e. The van der Waals surface area contributed by atoms with Gasteiger partial charge in [0.05, 0.1) is 37.5 Å². The maximum atomic E-state index is 5.76. The van der Waals surface area contributed by atoms with Crippen LogP contribution >= 0.6 is 0 Å². The van der Waals surface area contributed by atoms with E-state index in [1.54, 1.807) is 0 Å². The molecule has 4 nitrogen and oxygen atoms in total. The van der Waals surface area contributed by atoms with Crippen LogP contribution in [0.3, 0.4) is 0 Å². The lowest BCUT2D eigenvalue weighted by Crippen LogP contribution is -2.40. The predicted molar refractivity (Wildman–Crippen MR) is 75.0 cm³/mol. The molecule has 3 rings (SSSR count). The van der Waals surface area contributed by atoms with Crippen molar-refractivity contribution in [2.24, 2.45) is 0 Å². The summed E-state index contributed by atoms with van der Waals surface area (Å²) in [7, 11) is 0. The van der Waals surface area contributed by atoms with Crippen molar-refractivity contribution in [3.63, 3.8) is 0 Å². The summed E-state index contributed by atoms with van der Waals surface area (Å²) < 4.78 is 7.94. The Labute approximate surface area is 113 Å². The smallest absolute Gasteiger partial charge is 0.0951 e. The molecule has 0 radical (unpaired) electrons. The molecule has 1 N–H and O–H groups in total. The molecule has 19 heavy (non-hydrogen) atoms. The second kappa shape index (κ2) is 5.55. The first-order valence-electron chi connectivity index (χ1n) is 6.73. The van der Waals surface area contributed by atoms with E-state index in [1.165, 1.54) is 11.1 Å². The minimum atomic E-state index is 0.228. The summed E-state index contributed by atoms with van der Waals surface area (Å²) in [5, 5.41) is 3.36. The molecule has 1 fully saturated rings. The highest BCUT2D eigenvalue weighted by atomic mass is 16.5. The number of rotatable bonds is 3. The van der Waals surface area contributed by atoms with Crippen LogP contribution in [-0.2, 0) is 11.3 Å². The zero-order valence-corrected chi connectivity index (χ0v) is 11.2. The van der Waals surface area contributed by atoms with Crippen LogP contribution in [0.4, 0.5) is 0 Å². The van der Waals surface area contributed by atoms with Crippen LogP contribution in [-0.4, -0.2) is 35.4 Å². The summed E-state index contributed by atoms with van der Waals surface area (Å²) in [5.41, 5.74) is 3.67. The Morgan fingerprint density at radius 1 is 1.42 bits per heavy atom. The first-order chi connectivity index (χ1) is 9.34. The fourth-order valence-corrected chi connectivity index (χ4v) is 2.51. The topological polar surface area (TPSA) is 39.1 Å². The molecular weight excluding hydrogens is 238 g/mol. The van der Waals surface area contributed by atoms with Gasteiger partial charge in [0.15, 0.2) is 0 Å². The van der Waals surface area contributed by atoms with Gasteiger partial charge >= 0.3 is 0 Å². The van der Waals surface area contributed by atoms with Gasteiger partial charge in [0, 0.05) is 18.7 Å². The molecule has 0 saturated carbocycles. The molecule has 1 aliphatic rings. The quantitative estimate of drug-likeness (QED) is 0.912. The number of nitrogens with one attached hydrogen (secondary N) is 1. The molecule has 0 aliphatic carbocycles. The van der Waals surface area contributed by atoms with E-state index in [1.807, 2.05) is 12.5 Å². The third-order valence-corrected chi connectivity index (χ3v) is 3.54. The summed E-state index contributed by atoms with van der Waals surface area (Å²) in [6.45, 7) is 5.62. The number of imidazole rings is 1. The number of aryl methyl sites for hydroxylation is 1. The minimum Gasteiger partial charge on any atom is -0.374 e. The van der Waals surface area contributed by atoms with Crippen molar-refractivity contribution >= 4 is 0 Å². The summed E-state index contributed by atoms with van der Waals surface area (Å²) in [6, 6.07) is 8.40. The van der Waals surface area contributed by atoms with Gasteiger partial charge in [-0.25, -0.2) is 4.98 Å². The molecule has 0 spiro atoms. The molecule has 100 valence electrons. The van der Waals surface area contributed by atoms with Crippen molar-refractivity contribution in [2.75, 3.05) is 19.7 Å². The molecule has 1 aliphatic heterocycles. The molecular formula is C15H19N3O. The number of hydrogen-bond donors (Lipinski definition) is 1. The Kier molecular flexibility index (Phi) is 3.62. The van der Waals surface area contributed by atoms with Crippen LogP contribution in [0.15, 0.2) is 36.8 Å². The van der Waals surface area contributed by atoms with E-state index in [0.717, 1.165) is 31.9 Å². The van der Waals surface area contributed by atoms with Crippen molar-refractivity contribution in [1.29, 1.82) is 0 Å². The van der Waals surface area contributed by atoms with Gasteiger partial charge in [-0.15, -0.1) is 0 Å². The monoisotopic (exact) mass is 257 g/mol. The van der Waals surface area contributed by atoms with Crippen LogP contribution in [0.25, 0.3) is 11.3 Å². The Morgan fingerprint density at radius 3 is 3.11 bits per heavy atom. The van der Waals surface area contributed by atoms with Gasteiger partial charge in [0.25, 0.3) is 0 Å². The second-order valence-corrected chi connectivity index (χ2v) is 4.94. The zero-order valence-electron chi connectivity index (χ0n) is 11.2. The predicted octanol–water partition coefficient (Wildman–Crippen LogP) is 1.85. The van der Waals surface area contributed by atoms with Crippen molar-refractivity contribution in [3.05, 3.63) is 42.4 Å². The first kappa shape index (κ1) is 12.4. The SMILES string of the molecule is Cc1ccccc1-c1cncn1CC1CNCCO1. The fraction of sp³-hybridized carbons (Fsp3) is 0.400. The number of morpholine rings is 1.